The fraction of sp³-hybridized carbons (Fsp3) is 0.562. The highest BCUT2D eigenvalue weighted by molar-refractivity contribution is 5.82. The second kappa shape index (κ2) is 7.00. The lowest BCUT2D eigenvalue weighted by molar-refractivity contribution is -0.128. The molecule has 2 unspecified atom stereocenters. The zero-order chi connectivity index (χ0) is 16.2. The largest absolute Gasteiger partial charge is 0.384 e. The zero-order valence-electron chi connectivity index (χ0n) is 13.4. The van der Waals surface area contributed by atoms with Gasteiger partial charge >= 0.3 is 0 Å². The fourth-order valence-electron chi connectivity index (χ4n) is 2.41. The molecule has 1 rings (SSSR count). The molecule has 0 aliphatic heterocycles. The highest BCUT2D eigenvalue weighted by Crippen LogP contribution is 2.20. The zero-order valence-corrected chi connectivity index (χ0v) is 13.4. The van der Waals surface area contributed by atoms with Crippen molar-refractivity contribution in [1.82, 2.24) is 10.2 Å². The quantitative estimate of drug-likeness (QED) is 0.840. The van der Waals surface area contributed by atoms with Crippen molar-refractivity contribution < 1.29 is 14.3 Å². The fourth-order valence-corrected chi connectivity index (χ4v) is 2.41. The molecule has 0 heterocycles. The summed E-state index contributed by atoms with van der Waals surface area (Å²) in [5.41, 5.74) is -0.674. The van der Waals surface area contributed by atoms with Crippen molar-refractivity contribution in [2.75, 3.05) is 20.6 Å². The second-order valence-electron chi connectivity index (χ2n) is 6.15. The molecule has 1 aromatic carbocycles. The normalized spacial score (nSPS) is 15.9. The monoisotopic (exact) mass is 296 g/mol. The van der Waals surface area contributed by atoms with Crippen LogP contribution in [-0.2, 0) is 10.4 Å². The van der Waals surface area contributed by atoms with Crippen molar-refractivity contribution in [2.24, 2.45) is 5.92 Å². The summed E-state index contributed by atoms with van der Waals surface area (Å²) < 4.78 is 12.9. The maximum absolute atomic E-state index is 12.9. The van der Waals surface area contributed by atoms with E-state index in [9.17, 15) is 14.3 Å². The first-order valence-electron chi connectivity index (χ1n) is 7.07. The molecule has 5 heteroatoms. The molecular weight excluding hydrogens is 271 g/mol. The Bertz CT molecular complexity index is 462. The first kappa shape index (κ1) is 17.6. The summed E-state index contributed by atoms with van der Waals surface area (Å²) in [5.74, 6) is -0.320. The molecule has 0 bridgehead atoms. The minimum atomic E-state index is -1.24. The highest BCUT2D eigenvalue weighted by Gasteiger charge is 2.28. The van der Waals surface area contributed by atoms with E-state index in [0.29, 0.717) is 5.56 Å². The van der Waals surface area contributed by atoms with Crippen LogP contribution in [0.5, 0.6) is 0 Å². The molecule has 0 saturated carbocycles. The number of halogens is 1. The van der Waals surface area contributed by atoms with Gasteiger partial charge in [0.05, 0.1) is 12.6 Å². The number of amides is 1. The Hall–Kier alpha value is -1.46. The van der Waals surface area contributed by atoms with E-state index in [0.717, 1.165) is 0 Å². The summed E-state index contributed by atoms with van der Waals surface area (Å²) in [7, 11) is 3.70. The summed E-state index contributed by atoms with van der Waals surface area (Å²) in [5, 5.41) is 13.2. The van der Waals surface area contributed by atoms with Crippen molar-refractivity contribution in [2.45, 2.75) is 32.4 Å². The molecule has 4 nitrogen and oxygen atoms in total. The van der Waals surface area contributed by atoms with E-state index >= 15 is 0 Å². The van der Waals surface area contributed by atoms with Gasteiger partial charge in [-0.05, 0) is 44.6 Å². The van der Waals surface area contributed by atoms with E-state index in [2.05, 4.69) is 5.32 Å². The van der Waals surface area contributed by atoms with Gasteiger partial charge in [-0.3, -0.25) is 9.69 Å². The van der Waals surface area contributed by atoms with Crippen molar-refractivity contribution in [1.29, 1.82) is 0 Å². The molecule has 21 heavy (non-hydrogen) atoms. The Morgan fingerprint density at radius 3 is 2.29 bits per heavy atom. The number of nitrogens with one attached hydrogen (secondary N) is 1. The molecule has 0 aromatic heterocycles. The van der Waals surface area contributed by atoms with E-state index in [1.165, 1.54) is 24.3 Å². The lowest BCUT2D eigenvalue weighted by Crippen LogP contribution is -2.49. The molecule has 0 spiro atoms. The van der Waals surface area contributed by atoms with Crippen LogP contribution in [0.4, 0.5) is 4.39 Å². The van der Waals surface area contributed by atoms with Crippen LogP contribution < -0.4 is 5.32 Å². The molecule has 0 aliphatic rings. The van der Waals surface area contributed by atoms with Crippen molar-refractivity contribution in [3.05, 3.63) is 35.6 Å². The maximum atomic E-state index is 12.9. The second-order valence-corrected chi connectivity index (χ2v) is 6.15. The number of likely N-dealkylation sites (N-methyl/N-ethyl adjacent to an activating group) is 1. The maximum Gasteiger partial charge on any atom is 0.237 e. The van der Waals surface area contributed by atoms with Gasteiger partial charge in [0.2, 0.25) is 5.91 Å². The van der Waals surface area contributed by atoms with Gasteiger partial charge in [-0.1, -0.05) is 26.0 Å². The summed E-state index contributed by atoms with van der Waals surface area (Å²) in [6, 6.07) is 5.37. The predicted molar refractivity (Wildman–Crippen MR) is 81.3 cm³/mol. The third-order valence-corrected chi connectivity index (χ3v) is 3.53. The predicted octanol–water partition coefficient (Wildman–Crippen LogP) is 1.74. The van der Waals surface area contributed by atoms with Crippen molar-refractivity contribution in [3.8, 4) is 0 Å². The van der Waals surface area contributed by atoms with Crippen LogP contribution >= 0.6 is 0 Å². The van der Waals surface area contributed by atoms with E-state index in [1.54, 1.807) is 6.92 Å². The number of benzene rings is 1. The smallest absolute Gasteiger partial charge is 0.237 e. The number of rotatable bonds is 6. The van der Waals surface area contributed by atoms with Crippen LogP contribution in [0.25, 0.3) is 0 Å². The van der Waals surface area contributed by atoms with E-state index < -0.39 is 5.60 Å². The number of aliphatic hydroxyl groups is 1. The molecule has 0 aliphatic carbocycles. The van der Waals surface area contributed by atoms with E-state index in [4.69, 9.17) is 0 Å². The number of hydrogen-bond acceptors (Lipinski definition) is 3. The SMILES string of the molecule is CC(C)C(C(=O)NCC(C)(O)c1ccc(F)cc1)N(C)C. The van der Waals surface area contributed by atoms with Gasteiger partial charge in [0, 0.05) is 0 Å². The molecule has 1 amide bonds. The summed E-state index contributed by atoms with van der Waals surface area (Å²) >= 11 is 0. The van der Waals surface area contributed by atoms with Crippen LogP contribution in [0.1, 0.15) is 26.3 Å². The molecular formula is C16H25FN2O2. The average molecular weight is 296 g/mol. The minimum absolute atomic E-state index is 0.0779. The Morgan fingerprint density at radius 2 is 1.86 bits per heavy atom. The Balaban J connectivity index is 2.72. The lowest BCUT2D eigenvalue weighted by atomic mass is 9.95. The van der Waals surface area contributed by atoms with Gasteiger partial charge in [-0.2, -0.15) is 0 Å². The third kappa shape index (κ3) is 4.79. The molecule has 0 saturated heterocycles. The summed E-state index contributed by atoms with van der Waals surface area (Å²) in [6.07, 6.45) is 0. The standard InChI is InChI=1S/C16H25FN2O2/c1-11(2)14(19(4)5)15(20)18-10-16(3,21)12-6-8-13(17)9-7-12/h6-9,11,14,21H,10H2,1-5H3,(H,18,20). The van der Waals surface area contributed by atoms with Crippen LogP contribution in [0, 0.1) is 11.7 Å². The summed E-state index contributed by atoms with van der Waals surface area (Å²) in [6.45, 7) is 5.62. The molecule has 0 fully saturated rings. The number of nitrogens with zero attached hydrogens (tertiary/aromatic N) is 1. The average Bonchev–Trinajstić information content (AvgIpc) is 2.36. The lowest BCUT2D eigenvalue weighted by Gasteiger charge is -2.29. The highest BCUT2D eigenvalue weighted by atomic mass is 19.1. The Morgan fingerprint density at radius 1 is 1.33 bits per heavy atom. The van der Waals surface area contributed by atoms with Crippen molar-refractivity contribution >= 4 is 5.91 Å². The van der Waals surface area contributed by atoms with Crippen LogP contribution in [0.2, 0.25) is 0 Å². The Kier molecular flexibility index (Phi) is 5.87. The van der Waals surface area contributed by atoms with E-state index in [1.807, 2.05) is 32.8 Å². The molecule has 2 N–H and O–H groups in total. The first-order chi connectivity index (χ1) is 9.65. The first-order valence-corrected chi connectivity index (χ1v) is 7.07. The molecule has 118 valence electrons. The van der Waals surface area contributed by atoms with Gasteiger partial charge in [0.1, 0.15) is 11.4 Å². The molecule has 1 aromatic rings. The minimum Gasteiger partial charge on any atom is -0.384 e. The number of carbonyl (C=O) groups is 1. The Labute approximate surface area is 126 Å². The topological polar surface area (TPSA) is 52.6 Å². The van der Waals surface area contributed by atoms with Crippen LogP contribution in [0.15, 0.2) is 24.3 Å². The number of hydrogen-bond donors (Lipinski definition) is 2. The van der Waals surface area contributed by atoms with Crippen molar-refractivity contribution in [3.63, 3.8) is 0 Å². The van der Waals surface area contributed by atoms with Gasteiger partial charge in [0.25, 0.3) is 0 Å². The van der Waals surface area contributed by atoms with Crippen LogP contribution in [-0.4, -0.2) is 42.6 Å². The van der Waals surface area contributed by atoms with Gasteiger partial charge in [-0.25, -0.2) is 4.39 Å². The molecule has 0 radical (unpaired) electrons. The van der Waals surface area contributed by atoms with E-state index in [-0.39, 0.29) is 30.2 Å². The van der Waals surface area contributed by atoms with Gasteiger partial charge < -0.3 is 10.4 Å². The van der Waals surface area contributed by atoms with Gasteiger partial charge in [0.15, 0.2) is 0 Å². The third-order valence-electron chi connectivity index (χ3n) is 3.53. The van der Waals surface area contributed by atoms with Gasteiger partial charge in [-0.15, -0.1) is 0 Å². The van der Waals surface area contributed by atoms with Crippen LogP contribution in [0.3, 0.4) is 0 Å². The number of carbonyl (C=O) groups excluding carboxylic acids is 1. The molecule has 2 atom stereocenters. The summed E-state index contributed by atoms with van der Waals surface area (Å²) in [4.78, 5) is 14.1.